The van der Waals surface area contributed by atoms with Crippen molar-refractivity contribution in [3.63, 3.8) is 0 Å². The number of nitrogens with one attached hydrogen (secondary N) is 1. The van der Waals surface area contributed by atoms with Gasteiger partial charge in [-0.25, -0.2) is 27.1 Å². The third-order valence-electron chi connectivity index (χ3n) is 7.06. The lowest BCUT2D eigenvalue weighted by molar-refractivity contribution is -0.139. The van der Waals surface area contributed by atoms with E-state index in [1.807, 2.05) is 0 Å². The molecule has 1 aromatic carbocycles. The predicted octanol–water partition coefficient (Wildman–Crippen LogP) is 3.63. The molecule has 0 spiro atoms. The van der Waals surface area contributed by atoms with Gasteiger partial charge in [0.05, 0.1) is 23.8 Å². The summed E-state index contributed by atoms with van der Waals surface area (Å²) >= 11 is 0. The Balaban J connectivity index is 1.47. The fraction of sp³-hybridized carbons (Fsp3) is 0.417. The minimum absolute atomic E-state index is 0.0380. The lowest BCUT2D eigenvalue weighted by Gasteiger charge is -2.31. The third kappa shape index (κ3) is 4.74. The van der Waals surface area contributed by atoms with Crippen LogP contribution in [0.5, 0.6) is 0 Å². The van der Waals surface area contributed by atoms with E-state index in [1.165, 1.54) is 0 Å². The molecule has 8 nitrogen and oxygen atoms in total. The summed E-state index contributed by atoms with van der Waals surface area (Å²) in [7, 11) is 0. The average Bonchev–Trinajstić information content (AvgIpc) is 3.43. The smallest absolute Gasteiger partial charge is 0.382 e. The normalized spacial score (nSPS) is 23.2. The molecule has 39 heavy (non-hydrogen) atoms. The number of halogens is 7. The predicted molar refractivity (Wildman–Crippen MR) is 123 cm³/mol. The fourth-order valence-corrected chi connectivity index (χ4v) is 4.95. The number of anilines is 1. The van der Waals surface area contributed by atoms with Crippen molar-refractivity contribution in [3.8, 4) is 11.3 Å². The van der Waals surface area contributed by atoms with Crippen LogP contribution in [0, 0.1) is 11.7 Å². The second-order valence-corrected chi connectivity index (χ2v) is 9.57. The van der Waals surface area contributed by atoms with Crippen molar-refractivity contribution in [2.24, 2.45) is 5.92 Å². The van der Waals surface area contributed by atoms with Gasteiger partial charge < -0.3 is 16.0 Å². The maximum absolute atomic E-state index is 14.9. The highest BCUT2D eigenvalue weighted by atomic mass is 19.4. The second-order valence-electron chi connectivity index (χ2n) is 9.57. The van der Waals surface area contributed by atoms with Gasteiger partial charge in [0.15, 0.2) is 5.82 Å². The monoisotopic (exact) mass is 558 g/mol. The Labute approximate surface area is 216 Å². The Morgan fingerprint density at radius 3 is 2.49 bits per heavy atom. The molecule has 3 N–H and O–H groups in total. The van der Waals surface area contributed by atoms with Gasteiger partial charge in [-0.05, 0) is 31.0 Å². The van der Waals surface area contributed by atoms with Crippen LogP contribution in [0.4, 0.5) is 36.6 Å². The van der Waals surface area contributed by atoms with Crippen LogP contribution in [0.15, 0.2) is 24.5 Å². The molecular weight excluding hydrogens is 537 g/mol. The molecule has 208 valence electrons. The van der Waals surface area contributed by atoms with Gasteiger partial charge in [-0.3, -0.25) is 9.59 Å². The number of benzene rings is 1. The molecule has 3 aromatic rings. The van der Waals surface area contributed by atoms with E-state index in [4.69, 9.17) is 5.73 Å². The van der Waals surface area contributed by atoms with Crippen LogP contribution in [-0.4, -0.2) is 62.8 Å². The molecule has 0 bridgehead atoms. The topological polar surface area (TPSA) is 106 Å². The first-order valence-corrected chi connectivity index (χ1v) is 11.8. The van der Waals surface area contributed by atoms with Gasteiger partial charge in [0, 0.05) is 29.2 Å². The van der Waals surface area contributed by atoms with Crippen molar-refractivity contribution >= 4 is 23.1 Å². The Morgan fingerprint density at radius 2 is 1.85 bits per heavy atom. The Hall–Kier alpha value is -3.91. The number of amides is 2. The van der Waals surface area contributed by atoms with Gasteiger partial charge in [-0.1, -0.05) is 0 Å². The van der Waals surface area contributed by atoms with Gasteiger partial charge in [0.1, 0.15) is 36.7 Å². The Morgan fingerprint density at radius 1 is 1.13 bits per heavy atom. The van der Waals surface area contributed by atoms with Crippen LogP contribution >= 0.6 is 0 Å². The average molecular weight is 558 g/mol. The molecule has 1 aliphatic carbocycles. The maximum Gasteiger partial charge on any atom is 0.418 e. The highest BCUT2D eigenvalue weighted by Crippen LogP contribution is 2.39. The summed E-state index contributed by atoms with van der Waals surface area (Å²) in [5, 5.41) is 6.09. The third-order valence-corrected chi connectivity index (χ3v) is 7.06. The van der Waals surface area contributed by atoms with Crippen LogP contribution in [0.25, 0.3) is 16.8 Å². The summed E-state index contributed by atoms with van der Waals surface area (Å²) < 4.78 is 98.4. The van der Waals surface area contributed by atoms with E-state index in [2.05, 4.69) is 15.4 Å². The summed E-state index contributed by atoms with van der Waals surface area (Å²) in [6, 6.07) is 1.14. The van der Waals surface area contributed by atoms with Gasteiger partial charge in [-0.2, -0.15) is 18.3 Å². The van der Waals surface area contributed by atoms with Crippen LogP contribution in [0.2, 0.25) is 0 Å². The molecule has 1 saturated heterocycles. The minimum atomic E-state index is -4.88. The number of nitrogens with two attached hydrogens (primary N) is 1. The lowest BCUT2D eigenvalue weighted by Crippen LogP contribution is -2.44. The standard InChI is InChI=1S/C24H21F7N6O2/c25-6-14-13(22(38)35-18-8-36(7-17(18)28)23(39)11-1-12(26)2-11)3-10(4-16(14)27)19-5-15(24(29,30)31)20-21(32)33-9-34-37(19)20/h3-5,9,11-12,17-18H,1-2,6-8H2,(H,35,38)(H2,32,33,34)/t11?,12?,17-,18+/m0/s1. The zero-order valence-corrected chi connectivity index (χ0v) is 20.0. The van der Waals surface area contributed by atoms with Crippen molar-refractivity contribution in [2.45, 2.75) is 44.1 Å². The highest BCUT2D eigenvalue weighted by molar-refractivity contribution is 5.97. The molecule has 5 rings (SSSR count). The van der Waals surface area contributed by atoms with Crippen LogP contribution in [-0.2, 0) is 17.6 Å². The second kappa shape index (κ2) is 9.68. The molecule has 2 fully saturated rings. The molecule has 1 aliphatic heterocycles. The first kappa shape index (κ1) is 26.7. The SMILES string of the molecule is Nc1ncnn2c(-c3cc(F)c(CF)c(C(=O)N[C@@H]4CN(C(=O)C5CC(F)C5)C[C@@H]4F)c3)cc(C(F)(F)F)c12. The lowest BCUT2D eigenvalue weighted by atomic mass is 9.82. The number of hydrogen-bond acceptors (Lipinski definition) is 5. The molecule has 0 radical (unpaired) electrons. The summed E-state index contributed by atoms with van der Waals surface area (Å²) in [5.74, 6) is -3.83. The molecule has 2 aliphatic rings. The van der Waals surface area contributed by atoms with Crippen molar-refractivity contribution in [2.75, 3.05) is 18.8 Å². The number of nitrogens with zero attached hydrogens (tertiary/aromatic N) is 4. The summed E-state index contributed by atoms with van der Waals surface area (Å²) in [6.07, 6.45) is -6.71. The zero-order chi connectivity index (χ0) is 28.2. The Kier molecular flexibility index (Phi) is 6.63. The summed E-state index contributed by atoms with van der Waals surface area (Å²) in [4.78, 5) is 30.2. The molecule has 2 aromatic heterocycles. The van der Waals surface area contributed by atoms with Crippen LogP contribution in [0.1, 0.15) is 34.3 Å². The number of rotatable bonds is 5. The van der Waals surface area contributed by atoms with Crippen molar-refractivity contribution in [1.82, 2.24) is 24.8 Å². The van der Waals surface area contributed by atoms with E-state index in [9.17, 15) is 40.3 Å². The molecule has 3 heterocycles. The molecular formula is C24H21F7N6O2. The van der Waals surface area contributed by atoms with E-state index in [-0.39, 0.29) is 37.2 Å². The number of carbonyl (C=O) groups is 2. The van der Waals surface area contributed by atoms with E-state index in [1.54, 1.807) is 0 Å². The summed E-state index contributed by atoms with van der Waals surface area (Å²) in [5.41, 5.74) is 2.00. The largest absolute Gasteiger partial charge is 0.418 e. The van der Waals surface area contributed by atoms with Crippen molar-refractivity contribution in [1.29, 1.82) is 0 Å². The number of likely N-dealkylation sites (tertiary alicyclic amines) is 1. The molecule has 1 saturated carbocycles. The van der Waals surface area contributed by atoms with Gasteiger partial charge in [0.2, 0.25) is 5.91 Å². The quantitative estimate of drug-likeness (QED) is 0.466. The first-order chi connectivity index (χ1) is 18.4. The number of fused-ring (bicyclic) bond motifs is 1. The van der Waals surface area contributed by atoms with Gasteiger partial charge >= 0.3 is 6.18 Å². The van der Waals surface area contributed by atoms with Crippen LogP contribution < -0.4 is 11.1 Å². The number of aromatic nitrogens is 3. The highest BCUT2D eigenvalue weighted by Gasteiger charge is 2.43. The molecule has 0 unspecified atom stereocenters. The van der Waals surface area contributed by atoms with Gasteiger partial charge in [0.25, 0.3) is 5.91 Å². The molecule has 2 amide bonds. The summed E-state index contributed by atoms with van der Waals surface area (Å²) in [6.45, 7) is -2.02. The van der Waals surface area contributed by atoms with E-state index >= 15 is 0 Å². The van der Waals surface area contributed by atoms with Crippen molar-refractivity contribution < 1.29 is 40.3 Å². The first-order valence-electron chi connectivity index (χ1n) is 11.8. The van der Waals surface area contributed by atoms with Crippen LogP contribution in [0.3, 0.4) is 0 Å². The maximum atomic E-state index is 14.9. The minimum Gasteiger partial charge on any atom is -0.382 e. The fourth-order valence-electron chi connectivity index (χ4n) is 4.95. The molecule has 15 heteroatoms. The number of hydrogen-bond donors (Lipinski definition) is 2. The number of alkyl halides is 6. The molecule has 2 atom stereocenters. The van der Waals surface area contributed by atoms with E-state index in [0.29, 0.717) is 6.07 Å². The van der Waals surface area contributed by atoms with Crippen molar-refractivity contribution in [3.05, 3.63) is 47.0 Å². The van der Waals surface area contributed by atoms with E-state index in [0.717, 1.165) is 27.9 Å². The zero-order valence-electron chi connectivity index (χ0n) is 20.0. The van der Waals surface area contributed by atoms with E-state index < -0.39 is 82.8 Å². The Bertz CT molecular complexity index is 1450. The number of carbonyl (C=O) groups excluding carboxylic acids is 2. The van der Waals surface area contributed by atoms with Gasteiger partial charge in [-0.15, -0.1) is 0 Å². The number of nitrogen functional groups attached to an aromatic ring is 1.